The molecule has 29 heavy (non-hydrogen) atoms. The average Bonchev–Trinajstić information content (AvgIpc) is 3.08. The van der Waals surface area contributed by atoms with Crippen molar-refractivity contribution < 1.29 is 14.0 Å². The molecule has 0 bridgehead atoms. The molecule has 1 aromatic heterocycles. The molecule has 0 saturated carbocycles. The van der Waals surface area contributed by atoms with Crippen molar-refractivity contribution in [2.75, 3.05) is 30.3 Å². The summed E-state index contributed by atoms with van der Waals surface area (Å²) in [5.41, 5.74) is 2.16. The molecule has 2 aromatic rings. The molecule has 2 N–H and O–H groups in total. The molecule has 0 radical (unpaired) electrons. The van der Waals surface area contributed by atoms with Crippen LogP contribution >= 0.6 is 11.3 Å². The van der Waals surface area contributed by atoms with Gasteiger partial charge in [-0.15, -0.1) is 11.3 Å². The Hall–Kier alpha value is -2.25. The van der Waals surface area contributed by atoms with Crippen molar-refractivity contribution in [3.05, 3.63) is 46.1 Å². The van der Waals surface area contributed by atoms with E-state index < -0.39 is 0 Å². The number of nitrogens with zero attached hydrogens (tertiary/aromatic N) is 1. The first-order valence-electron chi connectivity index (χ1n) is 10.3. The van der Waals surface area contributed by atoms with Crippen LogP contribution in [0.4, 0.5) is 15.1 Å². The minimum Gasteiger partial charge on any atom is -0.322 e. The van der Waals surface area contributed by atoms with E-state index in [9.17, 15) is 14.0 Å². The Kier molecular flexibility index (Phi) is 6.25. The molecule has 5 nitrogen and oxygen atoms in total. The van der Waals surface area contributed by atoms with E-state index in [4.69, 9.17) is 0 Å². The van der Waals surface area contributed by atoms with Gasteiger partial charge in [0.1, 0.15) is 10.8 Å². The number of fused-ring (bicyclic) bond motifs is 1. The van der Waals surface area contributed by atoms with E-state index in [1.165, 1.54) is 34.8 Å². The highest BCUT2D eigenvalue weighted by atomic mass is 32.1. The summed E-state index contributed by atoms with van der Waals surface area (Å²) in [6.45, 7) is 2.26. The largest absolute Gasteiger partial charge is 0.322 e. The number of likely N-dealkylation sites (tertiary alicyclic amines) is 1. The third-order valence-corrected chi connectivity index (χ3v) is 6.78. The van der Waals surface area contributed by atoms with Crippen LogP contribution in [0.15, 0.2) is 24.3 Å². The van der Waals surface area contributed by atoms with E-state index in [1.54, 1.807) is 12.1 Å². The van der Waals surface area contributed by atoms with Crippen LogP contribution in [-0.4, -0.2) is 36.3 Å². The van der Waals surface area contributed by atoms with Gasteiger partial charge in [-0.25, -0.2) is 4.39 Å². The molecule has 2 aliphatic rings. The number of piperidine rings is 1. The Morgan fingerprint density at radius 1 is 0.966 bits per heavy atom. The first-order chi connectivity index (χ1) is 14.1. The number of benzene rings is 1. The predicted octanol–water partition coefficient (Wildman–Crippen LogP) is 4.44. The molecule has 0 atom stereocenters. The van der Waals surface area contributed by atoms with Crippen molar-refractivity contribution in [1.82, 2.24) is 4.90 Å². The highest BCUT2D eigenvalue weighted by Crippen LogP contribution is 2.38. The Morgan fingerprint density at radius 3 is 2.45 bits per heavy atom. The Bertz CT molecular complexity index is 888. The number of rotatable bonds is 5. The number of carbonyl (C=O) groups is 2. The number of anilines is 2. The number of hydrogen-bond acceptors (Lipinski definition) is 4. The fourth-order valence-corrected chi connectivity index (χ4v) is 5.41. The average molecular weight is 416 g/mol. The van der Waals surface area contributed by atoms with Crippen LogP contribution in [-0.2, 0) is 17.6 Å². The standard InChI is InChI=1S/C22H26FN3O2S/c23-15-8-10-16(11-9-15)24-21(28)20-17-6-2-3-7-18(17)29-22(20)25-19(27)14-26-12-4-1-5-13-26/h8-11H,1-7,12-14H2,(H,24,28)(H,25,27). The van der Waals surface area contributed by atoms with Crippen LogP contribution in [0.2, 0.25) is 0 Å². The van der Waals surface area contributed by atoms with Gasteiger partial charge < -0.3 is 10.6 Å². The Balaban J connectivity index is 1.53. The predicted molar refractivity (Wildman–Crippen MR) is 114 cm³/mol. The normalized spacial score (nSPS) is 16.9. The molecular formula is C22H26FN3O2S. The summed E-state index contributed by atoms with van der Waals surface area (Å²) in [7, 11) is 0. The van der Waals surface area contributed by atoms with Gasteiger partial charge in [-0.1, -0.05) is 6.42 Å². The van der Waals surface area contributed by atoms with E-state index in [2.05, 4.69) is 15.5 Å². The Morgan fingerprint density at radius 2 is 1.69 bits per heavy atom. The van der Waals surface area contributed by atoms with Crippen LogP contribution in [0.1, 0.15) is 52.9 Å². The summed E-state index contributed by atoms with van der Waals surface area (Å²) in [6, 6.07) is 5.72. The first kappa shape index (κ1) is 20.0. The number of halogens is 1. The van der Waals surface area contributed by atoms with Crippen LogP contribution < -0.4 is 10.6 Å². The minimum atomic E-state index is -0.346. The number of hydrogen-bond donors (Lipinski definition) is 2. The lowest BCUT2D eigenvalue weighted by atomic mass is 9.95. The molecule has 1 fully saturated rings. The van der Waals surface area contributed by atoms with Crippen LogP contribution in [0.5, 0.6) is 0 Å². The van der Waals surface area contributed by atoms with E-state index in [1.807, 2.05) is 0 Å². The molecule has 1 aliphatic heterocycles. The molecule has 2 heterocycles. The van der Waals surface area contributed by atoms with Gasteiger partial charge in [0.15, 0.2) is 0 Å². The van der Waals surface area contributed by atoms with Gasteiger partial charge in [0.2, 0.25) is 5.91 Å². The van der Waals surface area contributed by atoms with E-state index in [-0.39, 0.29) is 17.6 Å². The van der Waals surface area contributed by atoms with Crippen LogP contribution in [0, 0.1) is 5.82 Å². The van der Waals surface area contributed by atoms with E-state index >= 15 is 0 Å². The zero-order valence-electron chi connectivity index (χ0n) is 16.4. The lowest BCUT2D eigenvalue weighted by Crippen LogP contribution is -2.37. The maximum atomic E-state index is 13.2. The molecular weight excluding hydrogens is 389 g/mol. The van der Waals surface area contributed by atoms with E-state index in [0.717, 1.165) is 57.2 Å². The summed E-state index contributed by atoms with van der Waals surface area (Å²) in [4.78, 5) is 29.1. The van der Waals surface area contributed by atoms with Crippen molar-refractivity contribution in [2.24, 2.45) is 0 Å². The lowest BCUT2D eigenvalue weighted by molar-refractivity contribution is -0.117. The summed E-state index contributed by atoms with van der Waals surface area (Å²) >= 11 is 1.52. The molecule has 1 aromatic carbocycles. The lowest BCUT2D eigenvalue weighted by Gasteiger charge is -2.25. The van der Waals surface area contributed by atoms with Crippen molar-refractivity contribution >= 4 is 33.8 Å². The van der Waals surface area contributed by atoms with Gasteiger partial charge in [0.25, 0.3) is 5.91 Å². The van der Waals surface area contributed by atoms with E-state index in [0.29, 0.717) is 22.8 Å². The van der Waals surface area contributed by atoms with Crippen molar-refractivity contribution in [1.29, 1.82) is 0 Å². The number of carbonyl (C=O) groups excluding carboxylic acids is 2. The molecule has 1 aliphatic carbocycles. The van der Waals surface area contributed by atoms with Gasteiger partial charge in [0, 0.05) is 10.6 Å². The van der Waals surface area contributed by atoms with Gasteiger partial charge in [-0.3, -0.25) is 14.5 Å². The first-order valence-corrected chi connectivity index (χ1v) is 11.2. The second kappa shape index (κ2) is 9.05. The van der Waals surface area contributed by atoms with Crippen molar-refractivity contribution in [3.8, 4) is 0 Å². The molecule has 2 amide bonds. The van der Waals surface area contributed by atoms with Crippen LogP contribution in [0.25, 0.3) is 0 Å². The maximum absolute atomic E-state index is 13.2. The molecule has 4 rings (SSSR count). The Labute approximate surface area is 174 Å². The zero-order valence-corrected chi connectivity index (χ0v) is 17.2. The molecule has 0 unspecified atom stereocenters. The molecule has 1 saturated heterocycles. The number of nitrogens with one attached hydrogen (secondary N) is 2. The second-order valence-electron chi connectivity index (χ2n) is 7.76. The van der Waals surface area contributed by atoms with Gasteiger partial charge in [0.05, 0.1) is 12.1 Å². The molecule has 154 valence electrons. The number of aryl methyl sites for hydroxylation is 1. The monoisotopic (exact) mass is 415 g/mol. The summed E-state index contributed by atoms with van der Waals surface area (Å²) < 4.78 is 13.2. The van der Waals surface area contributed by atoms with Crippen molar-refractivity contribution in [2.45, 2.75) is 44.9 Å². The van der Waals surface area contributed by atoms with Gasteiger partial charge >= 0.3 is 0 Å². The fraction of sp³-hybridized carbons (Fsp3) is 0.455. The minimum absolute atomic E-state index is 0.0682. The SMILES string of the molecule is O=C(CN1CCCCC1)Nc1sc2c(c1C(=O)Nc1ccc(F)cc1)CCCC2. The maximum Gasteiger partial charge on any atom is 0.258 e. The van der Waals surface area contributed by atoms with Crippen molar-refractivity contribution in [3.63, 3.8) is 0 Å². The zero-order chi connectivity index (χ0) is 20.2. The number of amides is 2. The summed E-state index contributed by atoms with van der Waals surface area (Å²) in [5, 5.41) is 6.50. The highest BCUT2D eigenvalue weighted by molar-refractivity contribution is 7.17. The number of thiophene rings is 1. The second-order valence-corrected chi connectivity index (χ2v) is 8.87. The molecule has 7 heteroatoms. The summed E-state index contributed by atoms with van der Waals surface area (Å²) in [5.74, 6) is -0.660. The van der Waals surface area contributed by atoms with Crippen LogP contribution in [0.3, 0.4) is 0 Å². The fourth-order valence-electron chi connectivity index (χ4n) is 4.11. The van der Waals surface area contributed by atoms with Gasteiger partial charge in [-0.05, 0) is 81.4 Å². The molecule has 0 spiro atoms. The third kappa shape index (κ3) is 4.85. The quantitative estimate of drug-likeness (QED) is 0.759. The summed E-state index contributed by atoms with van der Waals surface area (Å²) in [6.07, 6.45) is 7.43. The van der Waals surface area contributed by atoms with Gasteiger partial charge in [-0.2, -0.15) is 0 Å². The highest BCUT2D eigenvalue weighted by Gasteiger charge is 2.27. The third-order valence-electron chi connectivity index (χ3n) is 5.57. The topological polar surface area (TPSA) is 61.4 Å². The smallest absolute Gasteiger partial charge is 0.258 e.